The number of pyridine rings is 1. The van der Waals surface area contributed by atoms with E-state index in [4.69, 9.17) is 0 Å². The van der Waals surface area contributed by atoms with Crippen LogP contribution in [0.25, 0.3) is 0 Å². The number of hydrogen-bond donors (Lipinski definition) is 0. The molecule has 0 saturated carbocycles. The molecule has 1 saturated heterocycles. The quantitative estimate of drug-likeness (QED) is 0.769. The minimum atomic E-state index is -0.421. The van der Waals surface area contributed by atoms with Crippen molar-refractivity contribution in [1.82, 2.24) is 9.88 Å². The van der Waals surface area contributed by atoms with Gasteiger partial charge in [0.15, 0.2) is 5.78 Å². The third-order valence-electron chi connectivity index (χ3n) is 3.84. The average molecular weight is 246 g/mol. The average Bonchev–Trinajstić information content (AvgIpc) is 2.39. The lowest BCUT2D eigenvalue weighted by Crippen LogP contribution is -2.52. The van der Waals surface area contributed by atoms with E-state index in [9.17, 15) is 4.79 Å². The second-order valence-corrected chi connectivity index (χ2v) is 5.69. The summed E-state index contributed by atoms with van der Waals surface area (Å²) in [5.74, 6) is 0.181. The van der Waals surface area contributed by atoms with Crippen molar-refractivity contribution in [2.75, 3.05) is 13.1 Å². The Kier molecular flexibility index (Phi) is 3.81. The molecule has 1 aliphatic rings. The Balaban J connectivity index is 2.20. The maximum atomic E-state index is 12.6. The van der Waals surface area contributed by atoms with Gasteiger partial charge in [0.25, 0.3) is 0 Å². The van der Waals surface area contributed by atoms with E-state index in [0.29, 0.717) is 0 Å². The molecule has 0 N–H and O–H groups in total. The molecule has 2 heterocycles. The summed E-state index contributed by atoms with van der Waals surface area (Å²) in [7, 11) is 0. The summed E-state index contributed by atoms with van der Waals surface area (Å²) >= 11 is 0. The highest BCUT2D eigenvalue weighted by molar-refractivity contribution is 6.02. The Morgan fingerprint density at radius 2 is 1.89 bits per heavy atom. The molecule has 1 aromatic rings. The number of aromatic nitrogens is 1. The van der Waals surface area contributed by atoms with Crippen molar-refractivity contribution in [1.29, 1.82) is 0 Å². The lowest BCUT2D eigenvalue weighted by atomic mass is 9.90. The molecule has 3 nitrogen and oxygen atoms in total. The van der Waals surface area contributed by atoms with Gasteiger partial charge in [-0.25, -0.2) is 0 Å². The summed E-state index contributed by atoms with van der Waals surface area (Å²) in [4.78, 5) is 19.1. The van der Waals surface area contributed by atoms with Crippen LogP contribution in [0.15, 0.2) is 18.5 Å². The Hall–Kier alpha value is -1.22. The van der Waals surface area contributed by atoms with Crippen LogP contribution in [0.3, 0.4) is 0 Å². The maximum Gasteiger partial charge on any atom is 0.184 e. The van der Waals surface area contributed by atoms with Gasteiger partial charge >= 0.3 is 0 Å². The molecule has 18 heavy (non-hydrogen) atoms. The first-order valence-corrected chi connectivity index (χ1v) is 6.73. The molecular formula is C15H22N2O. The Morgan fingerprint density at radius 3 is 2.50 bits per heavy atom. The highest BCUT2D eigenvalue weighted by Gasteiger charge is 2.35. The highest BCUT2D eigenvalue weighted by Crippen LogP contribution is 2.24. The topological polar surface area (TPSA) is 33.2 Å². The molecule has 1 aliphatic heterocycles. The third-order valence-corrected chi connectivity index (χ3v) is 3.84. The van der Waals surface area contributed by atoms with Crippen molar-refractivity contribution in [3.63, 3.8) is 0 Å². The number of hydrogen-bond acceptors (Lipinski definition) is 3. The van der Waals surface area contributed by atoms with Gasteiger partial charge in [0.1, 0.15) is 0 Å². The minimum absolute atomic E-state index is 0.181. The van der Waals surface area contributed by atoms with E-state index in [1.165, 1.54) is 19.3 Å². The van der Waals surface area contributed by atoms with Gasteiger partial charge < -0.3 is 0 Å². The van der Waals surface area contributed by atoms with Gasteiger partial charge in [-0.3, -0.25) is 14.7 Å². The molecule has 0 amide bonds. The van der Waals surface area contributed by atoms with Crippen molar-refractivity contribution in [2.24, 2.45) is 0 Å². The summed E-state index contributed by atoms with van der Waals surface area (Å²) in [5, 5.41) is 0. The van der Waals surface area contributed by atoms with E-state index in [-0.39, 0.29) is 5.78 Å². The summed E-state index contributed by atoms with van der Waals surface area (Å²) in [6, 6.07) is 1.93. The molecule has 1 aromatic heterocycles. The van der Waals surface area contributed by atoms with Gasteiger partial charge in [-0.2, -0.15) is 0 Å². The highest BCUT2D eigenvalue weighted by atomic mass is 16.1. The standard InChI is InChI=1S/C15H22N2O/c1-12-9-13(11-16-10-12)14(18)15(2,3)17-7-5-4-6-8-17/h9-11H,4-8H2,1-3H3. The molecule has 2 rings (SSSR count). The zero-order valence-electron chi connectivity index (χ0n) is 11.6. The first-order chi connectivity index (χ1) is 8.51. The van der Waals surface area contributed by atoms with Gasteiger partial charge in [0, 0.05) is 18.0 Å². The molecule has 0 bridgehead atoms. The van der Waals surface area contributed by atoms with Crippen LogP contribution in [-0.2, 0) is 0 Å². The van der Waals surface area contributed by atoms with Gasteiger partial charge in [-0.05, 0) is 58.3 Å². The molecule has 0 spiro atoms. The molecule has 3 heteroatoms. The number of nitrogens with zero attached hydrogens (tertiary/aromatic N) is 2. The normalized spacial score (nSPS) is 17.7. The zero-order chi connectivity index (χ0) is 13.2. The van der Waals surface area contributed by atoms with Crippen LogP contribution < -0.4 is 0 Å². The largest absolute Gasteiger partial charge is 0.292 e. The lowest BCUT2D eigenvalue weighted by molar-refractivity contribution is 0.0579. The smallest absolute Gasteiger partial charge is 0.184 e. The molecule has 0 aromatic carbocycles. The number of Topliss-reactive ketones (excluding diaryl/α,β-unsaturated/α-hetero) is 1. The molecule has 0 atom stereocenters. The third kappa shape index (κ3) is 2.61. The first-order valence-electron chi connectivity index (χ1n) is 6.73. The van der Waals surface area contributed by atoms with Crippen LogP contribution in [0, 0.1) is 6.92 Å². The SMILES string of the molecule is Cc1cncc(C(=O)C(C)(C)N2CCCCC2)c1. The van der Waals surface area contributed by atoms with Gasteiger partial charge in [0.05, 0.1) is 5.54 Å². The fourth-order valence-corrected chi connectivity index (χ4v) is 2.63. The molecule has 0 aliphatic carbocycles. The van der Waals surface area contributed by atoms with E-state index in [1.54, 1.807) is 12.4 Å². The predicted octanol–water partition coefficient (Wildman–Crippen LogP) is 2.84. The van der Waals surface area contributed by atoms with E-state index in [2.05, 4.69) is 9.88 Å². The maximum absolute atomic E-state index is 12.6. The van der Waals surface area contributed by atoms with E-state index >= 15 is 0 Å². The van der Waals surface area contributed by atoms with Crippen molar-refractivity contribution in [3.8, 4) is 0 Å². The number of carbonyl (C=O) groups excluding carboxylic acids is 1. The lowest BCUT2D eigenvalue weighted by Gasteiger charge is -2.39. The molecular weight excluding hydrogens is 224 g/mol. The van der Waals surface area contributed by atoms with Crippen LogP contribution >= 0.6 is 0 Å². The molecule has 1 fully saturated rings. The van der Waals surface area contributed by atoms with Crippen LogP contribution in [0.4, 0.5) is 0 Å². The first kappa shape index (κ1) is 13.2. The fourth-order valence-electron chi connectivity index (χ4n) is 2.63. The monoisotopic (exact) mass is 246 g/mol. The number of carbonyl (C=O) groups is 1. The molecule has 0 unspecified atom stereocenters. The summed E-state index contributed by atoms with van der Waals surface area (Å²) < 4.78 is 0. The second-order valence-electron chi connectivity index (χ2n) is 5.69. The number of aryl methyl sites for hydroxylation is 1. The summed E-state index contributed by atoms with van der Waals surface area (Å²) in [5.41, 5.74) is 1.34. The van der Waals surface area contributed by atoms with Gasteiger partial charge in [0.2, 0.25) is 0 Å². The van der Waals surface area contributed by atoms with Crippen LogP contribution in [0.5, 0.6) is 0 Å². The van der Waals surface area contributed by atoms with E-state index in [0.717, 1.165) is 24.2 Å². The zero-order valence-corrected chi connectivity index (χ0v) is 11.6. The summed E-state index contributed by atoms with van der Waals surface area (Å²) in [6.07, 6.45) is 7.14. The Morgan fingerprint density at radius 1 is 1.22 bits per heavy atom. The van der Waals surface area contributed by atoms with Crippen LogP contribution in [0.2, 0.25) is 0 Å². The predicted molar refractivity (Wildman–Crippen MR) is 72.8 cm³/mol. The van der Waals surface area contributed by atoms with Crippen LogP contribution in [-0.4, -0.2) is 34.3 Å². The van der Waals surface area contributed by atoms with E-state index in [1.807, 2.05) is 26.8 Å². The number of ketones is 1. The van der Waals surface area contributed by atoms with Crippen molar-refractivity contribution in [3.05, 3.63) is 29.6 Å². The van der Waals surface area contributed by atoms with Crippen molar-refractivity contribution in [2.45, 2.75) is 45.6 Å². The fraction of sp³-hybridized carbons (Fsp3) is 0.600. The summed E-state index contributed by atoms with van der Waals surface area (Å²) in [6.45, 7) is 8.08. The second kappa shape index (κ2) is 5.19. The number of likely N-dealkylation sites (tertiary alicyclic amines) is 1. The van der Waals surface area contributed by atoms with Crippen LogP contribution in [0.1, 0.15) is 49.0 Å². The van der Waals surface area contributed by atoms with Gasteiger partial charge in [-0.15, -0.1) is 0 Å². The number of rotatable bonds is 3. The molecule has 98 valence electrons. The molecule has 0 radical (unpaired) electrons. The minimum Gasteiger partial charge on any atom is -0.292 e. The Bertz CT molecular complexity index is 434. The number of piperidine rings is 1. The van der Waals surface area contributed by atoms with E-state index < -0.39 is 5.54 Å². The Labute approximate surface area is 109 Å². The van der Waals surface area contributed by atoms with Gasteiger partial charge in [-0.1, -0.05) is 6.42 Å². The van der Waals surface area contributed by atoms with Crippen molar-refractivity contribution >= 4 is 5.78 Å². The van der Waals surface area contributed by atoms with Crippen molar-refractivity contribution < 1.29 is 4.79 Å².